The van der Waals surface area contributed by atoms with E-state index in [4.69, 9.17) is 4.74 Å². The van der Waals surface area contributed by atoms with Gasteiger partial charge in [0.1, 0.15) is 0 Å². The van der Waals surface area contributed by atoms with Gasteiger partial charge in [0.15, 0.2) is 12.4 Å². The van der Waals surface area contributed by atoms with E-state index < -0.39 is 12.6 Å². The first-order valence-corrected chi connectivity index (χ1v) is 13.1. The number of imide groups is 1. The number of hydrogen-bond donors (Lipinski definition) is 0. The molecular weight excluding hydrogens is 622 g/mol. The van der Waals surface area contributed by atoms with Gasteiger partial charge in [0.05, 0.1) is 23.1 Å². The Bertz CT molecular complexity index is 1130. The van der Waals surface area contributed by atoms with Crippen LogP contribution in [-0.2, 0) is 14.3 Å². The van der Waals surface area contributed by atoms with Gasteiger partial charge in [-0.25, -0.2) is 4.79 Å². The Kier molecular flexibility index (Phi) is 6.07. The van der Waals surface area contributed by atoms with Crippen LogP contribution in [-0.4, -0.2) is 39.8 Å². The Morgan fingerprint density at radius 3 is 2.12 bits per heavy atom. The Morgan fingerprint density at radius 2 is 1.52 bits per heavy atom. The summed E-state index contributed by atoms with van der Waals surface area (Å²) < 4.78 is 6.03. The number of nitrogens with zero attached hydrogens (tertiary/aromatic N) is 1. The zero-order valence-corrected chi connectivity index (χ0v) is 21.9. The van der Waals surface area contributed by atoms with Gasteiger partial charge >= 0.3 is 5.97 Å². The fraction of sp³-hybridized carbons (Fsp3) is 0.333. The molecule has 170 valence electrons. The van der Waals surface area contributed by atoms with E-state index in [1.165, 1.54) is 17.0 Å². The number of fused-ring (bicyclic) bond motifs is 5. The lowest BCUT2D eigenvalue weighted by molar-refractivity contribution is -0.123. The highest BCUT2D eigenvalue weighted by Crippen LogP contribution is 2.60. The first kappa shape index (κ1) is 22.9. The third kappa shape index (κ3) is 3.82. The van der Waals surface area contributed by atoms with E-state index in [1.54, 1.807) is 36.4 Å². The Labute approximate surface area is 215 Å². The first-order chi connectivity index (χ1) is 15.8. The van der Waals surface area contributed by atoms with Gasteiger partial charge in [-0.05, 0) is 48.6 Å². The Morgan fingerprint density at radius 1 is 0.909 bits per heavy atom. The number of anilines is 1. The second-order valence-corrected chi connectivity index (χ2v) is 11.6. The average molecular weight is 640 g/mol. The van der Waals surface area contributed by atoms with Crippen LogP contribution in [0.4, 0.5) is 5.69 Å². The summed E-state index contributed by atoms with van der Waals surface area (Å²) >= 11 is 10.7. The number of rotatable bonds is 5. The summed E-state index contributed by atoms with van der Waals surface area (Å²) in [5, 5.41) is 0. The van der Waals surface area contributed by atoms with Crippen molar-refractivity contribution >= 4 is 77.0 Å². The van der Waals surface area contributed by atoms with Crippen molar-refractivity contribution in [2.24, 2.45) is 23.7 Å². The third-order valence-electron chi connectivity index (χ3n) is 6.83. The normalized spacial score (nSPS) is 30.0. The van der Waals surface area contributed by atoms with E-state index in [9.17, 15) is 19.2 Å². The zero-order chi connectivity index (χ0) is 23.4. The maximum atomic E-state index is 13.2. The molecule has 33 heavy (non-hydrogen) atoms. The van der Waals surface area contributed by atoms with Crippen molar-refractivity contribution in [3.8, 4) is 0 Å². The molecule has 6 atom stereocenters. The third-order valence-corrected chi connectivity index (χ3v) is 10.6. The highest BCUT2D eigenvalue weighted by atomic mass is 79.9. The summed E-state index contributed by atoms with van der Waals surface area (Å²) in [5.74, 6) is -1.88. The lowest BCUT2D eigenvalue weighted by Gasteiger charge is -2.28. The molecule has 1 heterocycles. The summed E-state index contributed by atoms with van der Waals surface area (Å²) in [7, 11) is 0. The van der Waals surface area contributed by atoms with Crippen molar-refractivity contribution in [2.75, 3.05) is 11.5 Å². The van der Waals surface area contributed by atoms with Gasteiger partial charge in [0.25, 0.3) is 0 Å². The molecule has 3 aliphatic rings. The van der Waals surface area contributed by atoms with Crippen molar-refractivity contribution in [1.82, 2.24) is 0 Å². The van der Waals surface area contributed by atoms with E-state index in [1.807, 2.05) is 0 Å². The molecule has 2 saturated carbocycles. The standard InChI is InChI=1S/C24H18Br3NO5/c25-13-6-4-11(5-7-13)17(29)10-33-24(32)12-2-1-3-14(8-12)28-22(30)18-15-9-16(19(18)23(28)31)21(27)20(15)26/h1-8,15-16,18-21H,9-10H2/t15-,16-,18-,19-,20+,21+/m1/s1. The molecule has 0 radical (unpaired) electrons. The SMILES string of the molecule is O=C(COC(=O)c1cccc(N2C(=O)[C@@H]3[C@H]4C[C@@H]([C@H](Br)[C@H]4Br)[C@H]3C2=O)c1)c1ccc(Br)cc1. The van der Waals surface area contributed by atoms with E-state index in [2.05, 4.69) is 47.8 Å². The molecule has 2 aromatic carbocycles. The number of ketones is 1. The summed E-state index contributed by atoms with van der Waals surface area (Å²) in [6.45, 7) is -0.404. The fourth-order valence-corrected chi connectivity index (χ4v) is 7.45. The molecule has 9 heteroatoms. The number of esters is 1. The van der Waals surface area contributed by atoms with Crippen LogP contribution in [0.3, 0.4) is 0 Å². The molecule has 2 aliphatic carbocycles. The lowest BCUT2D eigenvalue weighted by Crippen LogP contribution is -2.37. The largest absolute Gasteiger partial charge is 0.454 e. The highest BCUT2D eigenvalue weighted by Gasteiger charge is 2.66. The quantitative estimate of drug-likeness (QED) is 0.204. The van der Waals surface area contributed by atoms with Gasteiger partial charge in [-0.15, -0.1) is 0 Å². The smallest absolute Gasteiger partial charge is 0.338 e. The number of halogens is 3. The topological polar surface area (TPSA) is 80.8 Å². The van der Waals surface area contributed by atoms with Gasteiger partial charge < -0.3 is 4.74 Å². The van der Waals surface area contributed by atoms with Gasteiger partial charge in [-0.1, -0.05) is 66.0 Å². The van der Waals surface area contributed by atoms with Gasteiger partial charge in [0.2, 0.25) is 11.8 Å². The molecule has 2 aromatic rings. The van der Waals surface area contributed by atoms with E-state index in [-0.39, 0.29) is 56.5 Å². The molecule has 6 nitrogen and oxygen atoms in total. The Balaban J connectivity index is 1.31. The molecule has 5 rings (SSSR count). The molecular formula is C24H18Br3NO5. The van der Waals surface area contributed by atoms with Crippen LogP contribution in [0.5, 0.6) is 0 Å². The maximum Gasteiger partial charge on any atom is 0.338 e. The second-order valence-electron chi connectivity index (χ2n) is 8.57. The van der Waals surface area contributed by atoms with Crippen molar-refractivity contribution in [3.63, 3.8) is 0 Å². The van der Waals surface area contributed by atoms with Crippen LogP contribution in [0.2, 0.25) is 0 Å². The Hall–Kier alpha value is -1.84. The molecule has 0 spiro atoms. The first-order valence-electron chi connectivity index (χ1n) is 10.5. The number of ether oxygens (including phenoxy) is 1. The van der Waals surface area contributed by atoms with E-state index >= 15 is 0 Å². The van der Waals surface area contributed by atoms with Crippen molar-refractivity contribution in [3.05, 3.63) is 64.1 Å². The monoisotopic (exact) mass is 637 g/mol. The van der Waals surface area contributed by atoms with Gasteiger partial charge in [0, 0.05) is 19.7 Å². The minimum atomic E-state index is -0.692. The maximum absolute atomic E-state index is 13.2. The summed E-state index contributed by atoms with van der Waals surface area (Å²) in [6.07, 6.45) is 0.852. The molecule has 0 unspecified atom stereocenters. The van der Waals surface area contributed by atoms with E-state index in [0.29, 0.717) is 11.3 Å². The number of benzene rings is 2. The molecule has 2 bridgehead atoms. The molecule has 2 amide bonds. The lowest BCUT2D eigenvalue weighted by atomic mass is 9.81. The fourth-order valence-electron chi connectivity index (χ4n) is 5.31. The van der Waals surface area contributed by atoms with Gasteiger partial charge in [-0.3, -0.25) is 19.3 Å². The van der Waals surface area contributed by atoms with Crippen LogP contribution < -0.4 is 4.90 Å². The van der Waals surface area contributed by atoms with Crippen LogP contribution in [0, 0.1) is 23.7 Å². The molecule has 3 fully saturated rings. The van der Waals surface area contributed by atoms with Crippen LogP contribution >= 0.6 is 47.8 Å². The van der Waals surface area contributed by atoms with E-state index in [0.717, 1.165) is 10.9 Å². The second kappa shape index (κ2) is 8.74. The molecule has 1 saturated heterocycles. The van der Waals surface area contributed by atoms with Crippen molar-refractivity contribution in [2.45, 2.75) is 16.1 Å². The minimum absolute atomic E-state index is 0.114. The minimum Gasteiger partial charge on any atom is -0.454 e. The van der Waals surface area contributed by atoms with Crippen LogP contribution in [0.25, 0.3) is 0 Å². The van der Waals surface area contributed by atoms with Crippen LogP contribution in [0.1, 0.15) is 27.1 Å². The summed E-state index contributed by atoms with van der Waals surface area (Å²) in [6, 6.07) is 13.0. The predicted molar refractivity (Wildman–Crippen MR) is 132 cm³/mol. The molecule has 0 N–H and O–H groups in total. The number of alkyl halides is 2. The van der Waals surface area contributed by atoms with Crippen LogP contribution in [0.15, 0.2) is 53.0 Å². The zero-order valence-electron chi connectivity index (χ0n) is 17.1. The summed E-state index contributed by atoms with van der Waals surface area (Å²) in [4.78, 5) is 52.8. The average Bonchev–Trinajstić information content (AvgIpc) is 3.42. The number of hydrogen-bond acceptors (Lipinski definition) is 5. The molecule has 0 aromatic heterocycles. The number of carbonyl (C=O) groups is 4. The van der Waals surface area contributed by atoms with Crippen molar-refractivity contribution < 1.29 is 23.9 Å². The number of carbonyl (C=O) groups excluding carboxylic acids is 4. The number of Topliss-reactive ketones (excluding diaryl/α,β-unsaturated/α-hetero) is 1. The highest BCUT2D eigenvalue weighted by molar-refractivity contribution is 9.12. The number of amides is 2. The van der Waals surface area contributed by atoms with Crippen molar-refractivity contribution in [1.29, 1.82) is 0 Å². The summed E-state index contributed by atoms with van der Waals surface area (Å²) in [5.41, 5.74) is 0.961. The predicted octanol–water partition coefficient (Wildman–Crippen LogP) is 4.77. The molecule has 1 aliphatic heterocycles. The van der Waals surface area contributed by atoms with Gasteiger partial charge in [-0.2, -0.15) is 0 Å².